The quantitative estimate of drug-likeness (QED) is 0.136. The SMILES string of the molecule is [2H]c1c([2H])c([2H])c2c(c1[2H])Oc1c([2H])c(-n3c4ccccc4c4cc(-c5c6ccccc6c(-c6ccccc6)c6ccccc56)ccc43)c([2H])c3c1B2c1c([2H])c([2H])c([2H])c([2H])c1O3. The molecule has 0 spiro atoms. The van der Waals surface area contributed by atoms with Gasteiger partial charge in [-0.25, -0.2) is 0 Å². The minimum atomic E-state index is -1.28. The Morgan fingerprint density at radius 2 is 0.944 bits per heavy atom. The molecule has 0 unspecified atom stereocenters. The Kier molecular flexibility index (Phi) is 4.47. The van der Waals surface area contributed by atoms with Crippen LogP contribution in [0.4, 0.5) is 0 Å². The first kappa shape index (κ1) is 21.5. The zero-order chi connectivity index (χ0) is 44.0. The summed E-state index contributed by atoms with van der Waals surface area (Å²) in [5.74, 6) is -0.811. The Morgan fingerprint density at radius 1 is 0.444 bits per heavy atom. The van der Waals surface area contributed by atoms with Gasteiger partial charge in [0.2, 0.25) is 0 Å². The molecule has 9 aromatic carbocycles. The first-order valence-electron chi connectivity index (χ1n) is 22.7. The van der Waals surface area contributed by atoms with Gasteiger partial charge in [-0.2, -0.15) is 0 Å². The average molecular weight is 698 g/mol. The lowest BCUT2D eigenvalue weighted by molar-refractivity contribution is 0.464. The molecule has 0 radical (unpaired) electrons. The van der Waals surface area contributed by atoms with E-state index < -0.39 is 55.1 Å². The molecule has 2 aliphatic heterocycles. The van der Waals surface area contributed by atoms with Gasteiger partial charge in [0.15, 0.2) is 0 Å². The van der Waals surface area contributed by atoms with Crippen LogP contribution >= 0.6 is 0 Å². The zero-order valence-corrected chi connectivity index (χ0v) is 28.4. The largest absolute Gasteiger partial charge is 0.458 e. The molecule has 0 amide bonds. The molecule has 250 valence electrons. The predicted molar refractivity (Wildman–Crippen MR) is 224 cm³/mol. The molecular weight excluding hydrogens is 657 g/mol. The summed E-state index contributed by atoms with van der Waals surface area (Å²) in [5, 5.41) is 6.08. The highest BCUT2D eigenvalue weighted by molar-refractivity contribution is 6.98. The third-order valence-corrected chi connectivity index (χ3v) is 10.8. The van der Waals surface area contributed by atoms with E-state index in [1.54, 1.807) is 4.57 Å². The highest BCUT2D eigenvalue weighted by Gasteiger charge is 2.40. The first-order valence-corrected chi connectivity index (χ1v) is 17.7. The Balaban J connectivity index is 1.15. The Labute approximate surface area is 326 Å². The molecule has 3 nitrogen and oxygen atoms in total. The van der Waals surface area contributed by atoms with E-state index in [2.05, 4.69) is 78.9 Å². The van der Waals surface area contributed by atoms with Crippen molar-refractivity contribution in [2.24, 2.45) is 0 Å². The number of rotatable bonds is 3. The molecule has 0 saturated heterocycles. The highest BCUT2D eigenvalue weighted by atomic mass is 16.5. The van der Waals surface area contributed by atoms with Crippen LogP contribution in [0.2, 0.25) is 0 Å². The molecule has 10 aromatic rings. The lowest BCUT2D eigenvalue weighted by atomic mass is 9.35. The number of aromatic nitrogens is 1. The molecule has 4 heteroatoms. The van der Waals surface area contributed by atoms with Crippen LogP contribution in [0.1, 0.15) is 13.7 Å². The molecule has 0 atom stereocenters. The van der Waals surface area contributed by atoms with E-state index in [0.29, 0.717) is 11.0 Å². The van der Waals surface area contributed by atoms with Crippen molar-refractivity contribution >= 4 is 66.5 Å². The van der Waals surface area contributed by atoms with E-state index in [1.165, 1.54) is 0 Å². The van der Waals surface area contributed by atoms with Crippen molar-refractivity contribution in [1.82, 2.24) is 4.57 Å². The average Bonchev–Trinajstić information content (AvgIpc) is 3.64. The topological polar surface area (TPSA) is 23.4 Å². The van der Waals surface area contributed by atoms with Crippen LogP contribution in [-0.2, 0) is 0 Å². The molecule has 1 aromatic heterocycles. The van der Waals surface area contributed by atoms with Gasteiger partial charge in [0.1, 0.15) is 23.0 Å². The van der Waals surface area contributed by atoms with Gasteiger partial charge in [-0.05, 0) is 85.0 Å². The summed E-state index contributed by atoms with van der Waals surface area (Å²) >= 11 is 0. The number of hydrogen-bond donors (Lipinski definition) is 0. The second-order valence-corrected chi connectivity index (χ2v) is 13.6. The summed E-state index contributed by atoms with van der Waals surface area (Å²) in [5.41, 5.74) is 5.64. The number of fused-ring (bicyclic) bond motifs is 9. The zero-order valence-electron chi connectivity index (χ0n) is 38.4. The van der Waals surface area contributed by atoms with Crippen LogP contribution in [0.25, 0.3) is 71.3 Å². The Morgan fingerprint density at radius 3 is 1.56 bits per heavy atom. The fourth-order valence-electron chi connectivity index (χ4n) is 8.57. The summed E-state index contributed by atoms with van der Waals surface area (Å²) in [6.07, 6.45) is 0. The third-order valence-electron chi connectivity index (χ3n) is 10.8. The van der Waals surface area contributed by atoms with E-state index in [1.807, 2.05) is 42.5 Å². The van der Waals surface area contributed by atoms with Crippen molar-refractivity contribution in [1.29, 1.82) is 0 Å². The first-order chi connectivity index (χ1) is 31.0. The van der Waals surface area contributed by atoms with Gasteiger partial charge in [0.05, 0.1) is 30.4 Å². The van der Waals surface area contributed by atoms with Crippen LogP contribution in [0, 0.1) is 0 Å². The second kappa shape index (κ2) is 11.2. The number of benzene rings is 9. The Hall–Kier alpha value is -7.04. The molecule has 54 heavy (non-hydrogen) atoms. The van der Waals surface area contributed by atoms with Crippen molar-refractivity contribution in [3.8, 4) is 50.9 Å². The molecule has 0 saturated carbocycles. The van der Waals surface area contributed by atoms with Gasteiger partial charge < -0.3 is 14.0 Å². The second-order valence-electron chi connectivity index (χ2n) is 13.6. The maximum atomic E-state index is 9.88. The van der Waals surface area contributed by atoms with Crippen LogP contribution in [0.3, 0.4) is 0 Å². The van der Waals surface area contributed by atoms with Crippen molar-refractivity contribution in [2.45, 2.75) is 0 Å². The maximum Gasteiger partial charge on any atom is 0.260 e. The summed E-state index contributed by atoms with van der Waals surface area (Å²) in [4.78, 5) is 0. The molecule has 12 rings (SSSR count). The number of ether oxygens (including phenoxy) is 2. The van der Waals surface area contributed by atoms with Gasteiger partial charge in [-0.3, -0.25) is 0 Å². The lowest BCUT2D eigenvalue weighted by Crippen LogP contribution is -2.57. The molecule has 3 heterocycles. The van der Waals surface area contributed by atoms with Crippen molar-refractivity contribution in [2.75, 3.05) is 0 Å². The fraction of sp³-hybridized carbons (Fsp3) is 0. The van der Waals surface area contributed by atoms with E-state index in [0.717, 1.165) is 54.6 Å². The fourth-order valence-corrected chi connectivity index (χ4v) is 8.57. The van der Waals surface area contributed by atoms with Gasteiger partial charge in [-0.15, -0.1) is 0 Å². The van der Waals surface area contributed by atoms with Gasteiger partial charge in [0.25, 0.3) is 6.71 Å². The van der Waals surface area contributed by atoms with E-state index in [9.17, 15) is 2.74 Å². The Bertz CT molecular complexity index is 3600. The van der Waals surface area contributed by atoms with Crippen molar-refractivity contribution < 1.29 is 23.2 Å². The normalized spacial score (nSPS) is 15.3. The lowest BCUT2D eigenvalue weighted by Gasteiger charge is -2.33. The summed E-state index contributed by atoms with van der Waals surface area (Å²) in [6, 6.07) is 36.4. The molecular formula is C50H30BNO2. The third kappa shape index (κ3) is 4.14. The van der Waals surface area contributed by atoms with Crippen molar-refractivity contribution in [3.63, 3.8) is 0 Å². The van der Waals surface area contributed by atoms with Crippen molar-refractivity contribution in [3.05, 3.63) is 182 Å². The van der Waals surface area contributed by atoms with Gasteiger partial charge in [-0.1, -0.05) is 139 Å². The maximum absolute atomic E-state index is 9.88. The van der Waals surface area contributed by atoms with E-state index in [-0.39, 0.29) is 57.2 Å². The predicted octanol–water partition coefficient (Wildman–Crippen LogP) is 11.2. The van der Waals surface area contributed by atoms with Gasteiger partial charge >= 0.3 is 0 Å². The molecule has 0 fully saturated rings. The summed E-state index contributed by atoms with van der Waals surface area (Å²) in [6.45, 7) is -1.28. The van der Waals surface area contributed by atoms with E-state index >= 15 is 0 Å². The standard InChI is InChI=1S/C50H30BNO2/c1-2-14-31(15-3-1)48-35-17-4-6-19-37(35)49(38-20-7-5-18-36(38)48)32-26-27-43-39(28-32)34-16-8-11-23-42(34)52(43)33-29-46-50-47(30-33)54-45-25-13-10-22-41(45)51(50)40-21-9-12-24-44(40)53-46/h1-30H/i9D,10D,12D,13D,21D,22D,24D,25D,29D,30D. The minimum Gasteiger partial charge on any atom is -0.458 e. The number of nitrogens with zero attached hydrogens (tertiary/aromatic N) is 1. The highest BCUT2D eigenvalue weighted by Crippen LogP contribution is 2.45. The van der Waals surface area contributed by atoms with Crippen LogP contribution in [0.5, 0.6) is 23.0 Å². The summed E-state index contributed by atoms with van der Waals surface area (Å²) < 4.78 is 104. The summed E-state index contributed by atoms with van der Waals surface area (Å²) in [7, 11) is 0. The van der Waals surface area contributed by atoms with Gasteiger partial charge in [0, 0.05) is 28.3 Å². The molecule has 0 bridgehead atoms. The number of para-hydroxylation sites is 3. The van der Waals surface area contributed by atoms with Crippen LogP contribution < -0.4 is 25.9 Å². The van der Waals surface area contributed by atoms with Crippen LogP contribution in [-0.4, -0.2) is 11.3 Å². The number of hydrogen-bond acceptors (Lipinski definition) is 2. The monoisotopic (exact) mass is 697 g/mol. The molecule has 0 aliphatic carbocycles. The minimum absolute atomic E-state index is 0.0585. The van der Waals surface area contributed by atoms with Crippen LogP contribution in [0.15, 0.2) is 182 Å². The molecule has 0 N–H and O–H groups in total. The molecule has 2 aliphatic rings. The smallest absolute Gasteiger partial charge is 0.260 e. The van der Waals surface area contributed by atoms with E-state index in [4.69, 9.17) is 20.4 Å².